The Labute approximate surface area is 179 Å². The Hall–Kier alpha value is -3.40. The molecule has 0 spiro atoms. The molecule has 2 saturated heterocycles. The molecular weight excluding hydrogens is 396 g/mol. The number of anilines is 4. The Balaban J connectivity index is 1.38. The van der Waals surface area contributed by atoms with Gasteiger partial charge >= 0.3 is 5.97 Å². The zero-order chi connectivity index (χ0) is 21.2. The van der Waals surface area contributed by atoms with Gasteiger partial charge in [-0.3, -0.25) is 4.79 Å². The van der Waals surface area contributed by atoms with E-state index in [-0.39, 0.29) is 0 Å². The molecule has 0 amide bonds. The molecule has 5 rings (SSSR count). The lowest BCUT2D eigenvalue weighted by molar-refractivity contribution is -0.141. The first-order chi connectivity index (χ1) is 15.2. The van der Waals surface area contributed by atoms with Gasteiger partial charge in [0.2, 0.25) is 5.95 Å². The molecular formula is C21H26N8O2. The smallest absolute Gasteiger partial charge is 0.308 e. The predicted octanol–water partition coefficient (Wildman–Crippen LogP) is 1.81. The number of piperazine rings is 1. The fourth-order valence-corrected chi connectivity index (χ4v) is 4.28. The fraction of sp³-hybridized carbons (Fsp3) is 0.429. The van der Waals surface area contributed by atoms with Gasteiger partial charge in [0.15, 0.2) is 17.0 Å². The molecule has 2 aromatic heterocycles. The van der Waals surface area contributed by atoms with Crippen LogP contribution in [-0.4, -0.2) is 70.3 Å². The van der Waals surface area contributed by atoms with Crippen molar-refractivity contribution in [2.45, 2.75) is 12.8 Å². The van der Waals surface area contributed by atoms with E-state index in [1.807, 2.05) is 17.0 Å². The first-order valence-corrected chi connectivity index (χ1v) is 10.7. The molecule has 0 bridgehead atoms. The van der Waals surface area contributed by atoms with Crippen LogP contribution in [0.15, 0.2) is 30.6 Å². The number of hydrogen-bond donors (Lipinski definition) is 4. The molecule has 1 unspecified atom stereocenters. The first-order valence-electron chi connectivity index (χ1n) is 10.7. The summed E-state index contributed by atoms with van der Waals surface area (Å²) < 4.78 is 0. The third kappa shape index (κ3) is 4.11. The summed E-state index contributed by atoms with van der Waals surface area (Å²) in [6.45, 7) is 5.18. The van der Waals surface area contributed by atoms with Gasteiger partial charge in [0.05, 0.1) is 12.2 Å². The highest BCUT2D eigenvalue weighted by Gasteiger charge is 2.28. The van der Waals surface area contributed by atoms with Crippen molar-refractivity contribution in [1.82, 2.24) is 25.3 Å². The lowest BCUT2D eigenvalue weighted by Crippen LogP contribution is -2.43. The quantitative estimate of drug-likeness (QED) is 0.487. The highest BCUT2D eigenvalue weighted by atomic mass is 16.4. The number of carboxylic acids is 1. The van der Waals surface area contributed by atoms with Gasteiger partial charge in [-0.1, -0.05) is 0 Å². The van der Waals surface area contributed by atoms with Crippen molar-refractivity contribution in [3.8, 4) is 0 Å². The monoisotopic (exact) mass is 422 g/mol. The third-order valence-corrected chi connectivity index (χ3v) is 5.94. The lowest BCUT2D eigenvalue weighted by Gasteiger charge is -2.31. The minimum atomic E-state index is -0.764. The Bertz CT molecular complexity index is 1060. The van der Waals surface area contributed by atoms with Crippen LogP contribution in [0.3, 0.4) is 0 Å². The number of hydrogen-bond acceptors (Lipinski definition) is 8. The molecule has 3 aromatic rings. The molecule has 2 aliphatic heterocycles. The number of fused-ring (bicyclic) bond motifs is 1. The summed E-state index contributed by atoms with van der Waals surface area (Å²) in [7, 11) is 0. The van der Waals surface area contributed by atoms with Crippen molar-refractivity contribution in [2.24, 2.45) is 5.92 Å². The maximum atomic E-state index is 11.5. The van der Waals surface area contributed by atoms with Gasteiger partial charge in [-0.2, -0.15) is 9.97 Å². The number of benzene rings is 1. The Morgan fingerprint density at radius 2 is 1.90 bits per heavy atom. The molecule has 10 nitrogen and oxygen atoms in total. The maximum Gasteiger partial charge on any atom is 0.308 e. The van der Waals surface area contributed by atoms with Gasteiger partial charge in [-0.15, -0.1) is 0 Å². The topological polar surface area (TPSA) is 122 Å². The van der Waals surface area contributed by atoms with E-state index in [0.29, 0.717) is 35.9 Å². The van der Waals surface area contributed by atoms with Crippen molar-refractivity contribution < 1.29 is 9.90 Å². The van der Waals surface area contributed by atoms with E-state index in [4.69, 9.17) is 4.98 Å². The Morgan fingerprint density at radius 1 is 1.10 bits per heavy atom. The summed E-state index contributed by atoms with van der Waals surface area (Å²) in [6.07, 6.45) is 3.09. The van der Waals surface area contributed by atoms with Gasteiger partial charge in [0.25, 0.3) is 0 Å². The highest BCUT2D eigenvalue weighted by molar-refractivity contribution is 5.85. The molecule has 2 aliphatic rings. The summed E-state index contributed by atoms with van der Waals surface area (Å²) in [6, 6.07) is 8.26. The average Bonchev–Trinajstić information content (AvgIpc) is 3.28. The number of rotatable bonds is 5. The predicted molar refractivity (Wildman–Crippen MR) is 119 cm³/mol. The van der Waals surface area contributed by atoms with Crippen molar-refractivity contribution in [1.29, 1.82) is 0 Å². The van der Waals surface area contributed by atoms with Crippen LogP contribution in [0.25, 0.3) is 11.2 Å². The largest absolute Gasteiger partial charge is 0.481 e. The molecule has 4 heterocycles. The molecule has 1 aromatic carbocycles. The van der Waals surface area contributed by atoms with Crippen molar-refractivity contribution in [3.05, 3.63) is 30.6 Å². The van der Waals surface area contributed by atoms with Gasteiger partial charge in [-0.05, 0) is 37.1 Å². The van der Waals surface area contributed by atoms with Crippen LogP contribution in [-0.2, 0) is 4.79 Å². The maximum absolute atomic E-state index is 11.5. The molecule has 162 valence electrons. The summed E-state index contributed by atoms with van der Waals surface area (Å²) in [5.74, 6) is -0.0390. The summed E-state index contributed by atoms with van der Waals surface area (Å²) >= 11 is 0. The van der Waals surface area contributed by atoms with E-state index >= 15 is 0 Å². The van der Waals surface area contributed by atoms with E-state index in [1.165, 1.54) is 5.69 Å². The van der Waals surface area contributed by atoms with Crippen LogP contribution in [0.4, 0.5) is 23.1 Å². The molecule has 2 fully saturated rings. The first kappa shape index (κ1) is 19.6. The molecule has 0 radical (unpaired) electrons. The van der Waals surface area contributed by atoms with E-state index in [9.17, 15) is 9.90 Å². The van der Waals surface area contributed by atoms with E-state index in [2.05, 4.69) is 42.6 Å². The number of aromatic amines is 1. The Morgan fingerprint density at radius 3 is 2.68 bits per heavy atom. The van der Waals surface area contributed by atoms with Crippen LogP contribution in [0.2, 0.25) is 0 Å². The van der Waals surface area contributed by atoms with Crippen LogP contribution >= 0.6 is 0 Å². The zero-order valence-electron chi connectivity index (χ0n) is 17.2. The second-order valence-corrected chi connectivity index (χ2v) is 8.00. The normalized spacial score (nSPS) is 19.5. The van der Waals surface area contributed by atoms with Crippen molar-refractivity contribution in [3.63, 3.8) is 0 Å². The number of carboxylic acid groups (broad SMARTS) is 1. The summed E-state index contributed by atoms with van der Waals surface area (Å²) in [5.41, 5.74) is 3.38. The van der Waals surface area contributed by atoms with Gasteiger partial charge < -0.3 is 30.5 Å². The van der Waals surface area contributed by atoms with Crippen molar-refractivity contribution in [2.75, 3.05) is 54.4 Å². The lowest BCUT2D eigenvalue weighted by atomic mass is 9.98. The second-order valence-electron chi connectivity index (χ2n) is 8.00. The molecule has 31 heavy (non-hydrogen) atoms. The van der Waals surface area contributed by atoms with Crippen LogP contribution in [0.5, 0.6) is 0 Å². The molecule has 0 aliphatic carbocycles. The molecule has 1 atom stereocenters. The minimum Gasteiger partial charge on any atom is -0.481 e. The van der Waals surface area contributed by atoms with E-state index in [0.717, 1.165) is 44.8 Å². The molecule has 4 N–H and O–H groups in total. The number of piperidine rings is 1. The number of imidazole rings is 1. The SMILES string of the molecule is O=C(O)C1CCCN(c2nc(Nc3ccc(N4CCNCC4)cc3)nc3[nH]cnc23)C1. The third-order valence-electron chi connectivity index (χ3n) is 5.94. The Kier molecular flexibility index (Phi) is 5.29. The minimum absolute atomic E-state index is 0.397. The zero-order valence-corrected chi connectivity index (χ0v) is 17.2. The number of H-pyrrole nitrogens is 1. The highest BCUT2D eigenvalue weighted by Crippen LogP contribution is 2.29. The number of aliphatic carboxylic acids is 1. The van der Waals surface area contributed by atoms with E-state index in [1.54, 1.807) is 6.33 Å². The summed E-state index contributed by atoms with van der Waals surface area (Å²) in [4.78, 5) is 32.5. The average molecular weight is 422 g/mol. The number of nitrogens with one attached hydrogen (secondary N) is 3. The van der Waals surface area contributed by atoms with Crippen LogP contribution < -0.4 is 20.4 Å². The summed E-state index contributed by atoms with van der Waals surface area (Å²) in [5, 5.41) is 16.1. The van der Waals surface area contributed by atoms with Gasteiger partial charge in [0, 0.05) is 50.6 Å². The second kappa shape index (κ2) is 8.38. The van der Waals surface area contributed by atoms with Gasteiger partial charge in [0.1, 0.15) is 0 Å². The number of carbonyl (C=O) groups is 1. The van der Waals surface area contributed by atoms with Crippen LogP contribution in [0, 0.1) is 5.92 Å². The standard InChI is InChI=1S/C21H26N8O2/c30-20(31)14-2-1-9-29(12-14)19-17-18(24-13-23-17)26-21(27-19)25-15-3-5-16(6-4-15)28-10-7-22-8-11-28/h3-6,13-14,22H,1-2,7-12H2,(H,30,31)(H2,23,24,25,26,27). The number of nitrogens with zero attached hydrogens (tertiary/aromatic N) is 5. The van der Waals surface area contributed by atoms with Gasteiger partial charge in [-0.25, -0.2) is 4.98 Å². The molecule has 0 saturated carbocycles. The van der Waals surface area contributed by atoms with Crippen molar-refractivity contribution >= 4 is 40.3 Å². The fourth-order valence-electron chi connectivity index (χ4n) is 4.28. The van der Waals surface area contributed by atoms with Crippen LogP contribution in [0.1, 0.15) is 12.8 Å². The number of aromatic nitrogens is 4. The van der Waals surface area contributed by atoms with E-state index < -0.39 is 11.9 Å². The molecule has 10 heteroatoms.